The zero-order valence-electron chi connectivity index (χ0n) is 8.93. The minimum absolute atomic E-state index is 0.203. The Morgan fingerprint density at radius 2 is 1.80 bits per heavy atom. The second-order valence-corrected chi connectivity index (χ2v) is 6.09. The van der Waals surface area contributed by atoms with Gasteiger partial charge in [0.05, 0.1) is 0 Å². The van der Waals surface area contributed by atoms with Gasteiger partial charge in [-0.05, 0) is 12.8 Å². The minimum Gasteiger partial charge on any atom is -0.323 e. The molecule has 0 heterocycles. The van der Waals surface area contributed by atoms with E-state index in [0.29, 0.717) is 6.04 Å². The van der Waals surface area contributed by atoms with Crippen molar-refractivity contribution < 1.29 is 14.4 Å². The summed E-state index contributed by atoms with van der Waals surface area (Å²) in [6.07, 6.45) is 7.11. The van der Waals surface area contributed by atoms with E-state index < -0.39 is 13.4 Å². The Balaban J connectivity index is 2.26. The lowest BCUT2D eigenvalue weighted by Gasteiger charge is -2.20. The maximum absolute atomic E-state index is 10.8. The van der Waals surface area contributed by atoms with Gasteiger partial charge in [0.2, 0.25) is 0 Å². The van der Waals surface area contributed by atoms with E-state index in [1.54, 1.807) is 0 Å². The van der Waals surface area contributed by atoms with Gasteiger partial charge in [-0.2, -0.15) is 0 Å². The Bertz CT molecular complexity index is 223. The molecule has 6 heteroatoms. The van der Waals surface area contributed by atoms with Gasteiger partial charge >= 0.3 is 7.60 Å². The van der Waals surface area contributed by atoms with Gasteiger partial charge in [-0.25, -0.2) is 0 Å². The molecule has 1 aliphatic rings. The molecule has 0 aromatic carbocycles. The molecule has 0 radical (unpaired) electrons. The summed E-state index contributed by atoms with van der Waals surface area (Å²) in [6, 6.07) is 0.380. The molecule has 0 amide bonds. The fraction of sp³-hybridized carbons (Fsp3) is 1.00. The van der Waals surface area contributed by atoms with Gasteiger partial charge in [0.15, 0.2) is 0 Å². The van der Waals surface area contributed by atoms with E-state index in [-0.39, 0.29) is 6.54 Å². The van der Waals surface area contributed by atoms with Crippen molar-refractivity contribution in [2.75, 3.05) is 6.54 Å². The molecule has 5 nitrogen and oxygen atoms in total. The van der Waals surface area contributed by atoms with Crippen LogP contribution >= 0.6 is 7.60 Å². The Hall–Kier alpha value is 0.0700. The number of nitrogens with one attached hydrogen (secondary N) is 1. The summed E-state index contributed by atoms with van der Waals surface area (Å²) in [7, 11) is -4.12. The predicted molar refractivity (Wildman–Crippen MR) is 59.5 cm³/mol. The number of rotatable bonds is 4. The van der Waals surface area contributed by atoms with Crippen LogP contribution in [-0.2, 0) is 4.57 Å². The van der Waals surface area contributed by atoms with Gasteiger partial charge in [-0.3, -0.25) is 4.57 Å². The van der Waals surface area contributed by atoms with Crippen molar-refractivity contribution in [3.63, 3.8) is 0 Å². The van der Waals surface area contributed by atoms with Crippen molar-refractivity contribution >= 4 is 7.60 Å². The van der Waals surface area contributed by atoms with Crippen LogP contribution in [0.3, 0.4) is 0 Å². The number of nitrogens with two attached hydrogens (primary N) is 1. The van der Waals surface area contributed by atoms with Crippen molar-refractivity contribution in [1.82, 2.24) is 5.32 Å². The third-order valence-corrected chi connectivity index (χ3v) is 3.95. The molecular weight excluding hydrogens is 215 g/mol. The molecule has 90 valence electrons. The zero-order valence-corrected chi connectivity index (χ0v) is 9.83. The highest BCUT2D eigenvalue weighted by Gasteiger charge is 2.25. The van der Waals surface area contributed by atoms with E-state index in [2.05, 4.69) is 5.32 Å². The maximum Gasteiger partial charge on any atom is 0.343 e. The van der Waals surface area contributed by atoms with Gasteiger partial charge in [-0.1, -0.05) is 25.7 Å². The molecular formula is C9H21N2O3P. The van der Waals surface area contributed by atoms with E-state index in [4.69, 9.17) is 15.5 Å². The first-order valence-corrected chi connectivity index (χ1v) is 7.22. The molecule has 0 spiro atoms. The lowest BCUT2D eigenvalue weighted by molar-refractivity contribution is 0.350. The van der Waals surface area contributed by atoms with Crippen molar-refractivity contribution in [3.8, 4) is 0 Å². The van der Waals surface area contributed by atoms with Crippen LogP contribution in [0.15, 0.2) is 0 Å². The normalized spacial score (nSPS) is 22.3. The second-order valence-electron chi connectivity index (χ2n) is 4.25. The van der Waals surface area contributed by atoms with Crippen LogP contribution in [-0.4, -0.2) is 28.2 Å². The first-order chi connectivity index (χ1) is 7.00. The molecule has 1 fully saturated rings. The molecule has 15 heavy (non-hydrogen) atoms. The van der Waals surface area contributed by atoms with Crippen LogP contribution in [0.4, 0.5) is 0 Å². The maximum atomic E-state index is 10.8. The molecule has 0 aromatic heterocycles. The second kappa shape index (κ2) is 5.97. The quantitative estimate of drug-likeness (QED) is 0.427. The molecule has 0 bridgehead atoms. The smallest absolute Gasteiger partial charge is 0.323 e. The topological polar surface area (TPSA) is 95.6 Å². The van der Waals surface area contributed by atoms with Crippen LogP contribution in [0.1, 0.15) is 38.5 Å². The van der Waals surface area contributed by atoms with Gasteiger partial charge in [0, 0.05) is 12.6 Å². The van der Waals surface area contributed by atoms with E-state index >= 15 is 0 Å². The molecule has 0 aromatic rings. The molecule has 0 aliphatic heterocycles. The molecule has 0 saturated heterocycles. The summed E-state index contributed by atoms with van der Waals surface area (Å²) in [5, 5.41) is 3.15. The molecule has 1 aliphatic carbocycles. The molecule has 1 atom stereocenters. The minimum atomic E-state index is -4.12. The van der Waals surface area contributed by atoms with Gasteiger partial charge in [0.25, 0.3) is 0 Å². The summed E-state index contributed by atoms with van der Waals surface area (Å²) in [5.74, 6) is -1.07. The summed E-state index contributed by atoms with van der Waals surface area (Å²) >= 11 is 0. The van der Waals surface area contributed by atoms with Gasteiger partial charge in [0.1, 0.15) is 5.78 Å². The largest absolute Gasteiger partial charge is 0.343 e. The molecule has 1 rings (SSSR count). The highest BCUT2D eigenvalue weighted by Crippen LogP contribution is 2.37. The van der Waals surface area contributed by atoms with E-state index in [1.165, 1.54) is 25.7 Å². The molecule has 0 unspecified atom stereocenters. The van der Waals surface area contributed by atoms with Gasteiger partial charge < -0.3 is 20.8 Å². The lowest BCUT2D eigenvalue weighted by Crippen LogP contribution is -2.39. The SMILES string of the molecule is N[C@H](CNC1CCCCCC1)P(=O)(O)O. The number of hydrogen-bond acceptors (Lipinski definition) is 3. The van der Waals surface area contributed by atoms with Crippen LogP contribution < -0.4 is 11.1 Å². The fourth-order valence-electron chi connectivity index (χ4n) is 1.89. The molecule has 1 saturated carbocycles. The third-order valence-electron chi connectivity index (χ3n) is 2.90. The van der Waals surface area contributed by atoms with Crippen molar-refractivity contribution in [3.05, 3.63) is 0 Å². The van der Waals surface area contributed by atoms with E-state index in [1.807, 2.05) is 0 Å². The Morgan fingerprint density at radius 1 is 1.27 bits per heavy atom. The highest BCUT2D eigenvalue weighted by atomic mass is 31.2. The predicted octanol–water partition coefficient (Wildman–Crippen LogP) is 0.761. The highest BCUT2D eigenvalue weighted by molar-refractivity contribution is 7.52. The van der Waals surface area contributed by atoms with E-state index in [9.17, 15) is 4.57 Å². The first kappa shape index (κ1) is 13.1. The van der Waals surface area contributed by atoms with Crippen molar-refractivity contribution in [2.45, 2.75) is 50.3 Å². The van der Waals surface area contributed by atoms with Gasteiger partial charge in [-0.15, -0.1) is 0 Å². The Morgan fingerprint density at radius 3 is 2.27 bits per heavy atom. The standard InChI is InChI=1S/C9H21N2O3P/c10-9(15(12,13)14)7-11-8-5-3-1-2-4-6-8/h8-9,11H,1-7,10H2,(H2,12,13,14)/t9-/m0/s1. The fourth-order valence-corrected chi connectivity index (χ4v) is 2.23. The average molecular weight is 236 g/mol. The lowest BCUT2D eigenvalue weighted by atomic mass is 10.1. The first-order valence-electron chi connectivity index (χ1n) is 5.54. The monoisotopic (exact) mass is 236 g/mol. The zero-order chi connectivity index (χ0) is 11.3. The summed E-state index contributed by atoms with van der Waals surface area (Å²) in [5.41, 5.74) is 5.38. The van der Waals surface area contributed by atoms with E-state index in [0.717, 1.165) is 12.8 Å². The van der Waals surface area contributed by atoms with Crippen molar-refractivity contribution in [1.29, 1.82) is 0 Å². The summed E-state index contributed by atoms with van der Waals surface area (Å²) < 4.78 is 10.8. The Kier molecular flexibility index (Phi) is 5.23. The summed E-state index contributed by atoms with van der Waals surface area (Å²) in [4.78, 5) is 17.6. The van der Waals surface area contributed by atoms with Crippen LogP contribution in [0.2, 0.25) is 0 Å². The Labute approximate surface area is 90.6 Å². The third kappa shape index (κ3) is 5.09. The van der Waals surface area contributed by atoms with Crippen LogP contribution in [0.5, 0.6) is 0 Å². The summed E-state index contributed by atoms with van der Waals surface area (Å²) in [6.45, 7) is 0.203. The molecule has 5 N–H and O–H groups in total. The van der Waals surface area contributed by atoms with Crippen LogP contribution in [0.25, 0.3) is 0 Å². The van der Waals surface area contributed by atoms with Crippen molar-refractivity contribution in [2.24, 2.45) is 5.73 Å². The van der Waals surface area contributed by atoms with Crippen LogP contribution in [0, 0.1) is 0 Å². The average Bonchev–Trinajstić information content (AvgIpc) is 2.40. The number of hydrogen-bond donors (Lipinski definition) is 4.